The van der Waals surface area contributed by atoms with Gasteiger partial charge in [0.25, 0.3) is 5.91 Å². The van der Waals surface area contributed by atoms with Crippen molar-refractivity contribution in [1.29, 1.82) is 0 Å². The Hall–Kier alpha value is -2.14. The van der Waals surface area contributed by atoms with Gasteiger partial charge in [0, 0.05) is 4.88 Å². The minimum atomic E-state index is -0.278. The monoisotopic (exact) mass is 269 g/mol. The minimum absolute atomic E-state index is 0.0741. The van der Waals surface area contributed by atoms with Gasteiger partial charge in [0.1, 0.15) is 11.9 Å². The van der Waals surface area contributed by atoms with Crippen molar-refractivity contribution in [2.24, 2.45) is 4.99 Å². The van der Waals surface area contributed by atoms with Crippen LogP contribution in [0, 0.1) is 0 Å². The summed E-state index contributed by atoms with van der Waals surface area (Å²) in [4.78, 5) is 19.9. The van der Waals surface area contributed by atoms with E-state index in [4.69, 9.17) is 0 Å². The number of thiophene rings is 1. The van der Waals surface area contributed by atoms with E-state index >= 15 is 0 Å². The molecule has 5 heteroatoms. The highest BCUT2D eigenvalue weighted by molar-refractivity contribution is 7.10. The largest absolute Gasteiger partial charge is 0.354 e. The maximum atomic E-state index is 12.6. The molecule has 4 rings (SSSR count). The lowest BCUT2D eigenvalue weighted by Crippen LogP contribution is -2.42. The number of aliphatic imine (C=N–C) groups is 1. The first-order valence-corrected chi connectivity index (χ1v) is 6.98. The Kier molecular flexibility index (Phi) is 2.22. The summed E-state index contributed by atoms with van der Waals surface area (Å²) in [6.45, 7) is 0. The normalized spacial score (nSPS) is 27.6. The Balaban J connectivity index is 1.73. The number of hydrogen-bond donors (Lipinski definition) is 1. The third-order valence-corrected chi connectivity index (χ3v) is 4.39. The summed E-state index contributed by atoms with van der Waals surface area (Å²) in [5.74, 6) is 0.878. The number of rotatable bonds is 1. The molecule has 1 amide bonds. The zero-order valence-electron chi connectivity index (χ0n) is 9.98. The van der Waals surface area contributed by atoms with Gasteiger partial charge in [0.2, 0.25) is 0 Å². The molecule has 1 N–H and O–H groups in total. The zero-order chi connectivity index (χ0) is 12.8. The van der Waals surface area contributed by atoms with Crippen LogP contribution in [0.15, 0.2) is 58.8 Å². The van der Waals surface area contributed by atoms with E-state index in [0.29, 0.717) is 0 Å². The van der Waals surface area contributed by atoms with Crippen LogP contribution in [0.5, 0.6) is 0 Å². The third-order valence-electron chi connectivity index (χ3n) is 3.45. The van der Waals surface area contributed by atoms with Crippen molar-refractivity contribution >= 4 is 23.0 Å². The van der Waals surface area contributed by atoms with E-state index < -0.39 is 0 Å². The molecule has 2 atom stereocenters. The second-order valence-electron chi connectivity index (χ2n) is 4.56. The Labute approximate surface area is 114 Å². The highest BCUT2D eigenvalue weighted by Gasteiger charge is 2.42. The Morgan fingerprint density at radius 3 is 3.16 bits per heavy atom. The highest BCUT2D eigenvalue weighted by atomic mass is 32.1. The SMILES string of the molecule is O=C1C(c2cccs2)NC2=CN=C3C=CC=CC3N12. The Bertz CT molecular complexity index is 654. The summed E-state index contributed by atoms with van der Waals surface area (Å²) in [6.07, 6.45) is 9.59. The second-order valence-corrected chi connectivity index (χ2v) is 5.54. The van der Waals surface area contributed by atoms with Crippen molar-refractivity contribution < 1.29 is 4.79 Å². The molecule has 0 aromatic carbocycles. The molecule has 1 fully saturated rings. The summed E-state index contributed by atoms with van der Waals surface area (Å²) in [6, 6.07) is 3.60. The number of fused-ring (bicyclic) bond motifs is 3. The van der Waals surface area contributed by atoms with Gasteiger partial charge in [-0.25, -0.2) is 0 Å². The van der Waals surface area contributed by atoms with Crippen LogP contribution < -0.4 is 5.32 Å². The molecule has 19 heavy (non-hydrogen) atoms. The molecule has 1 aromatic heterocycles. The molecule has 0 saturated carbocycles. The number of carbonyl (C=O) groups excluding carboxylic acids is 1. The maximum Gasteiger partial charge on any atom is 0.257 e. The van der Waals surface area contributed by atoms with Crippen LogP contribution in [0.25, 0.3) is 0 Å². The fourth-order valence-corrected chi connectivity index (χ4v) is 3.33. The molecule has 0 spiro atoms. The van der Waals surface area contributed by atoms with Crippen LogP contribution in [0.1, 0.15) is 10.9 Å². The first kappa shape index (κ1) is 10.8. The predicted molar refractivity (Wildman–Crippen MR) is 74.6 cm³/mol. The van der Waals surface area contributed by atoms with Crippen LogP contribution in [-0.4, -0.2) is 22.6 Å². The summed E-state index contributed by atoms with van der Waals surface area (Å²) in [5, 5.41) is 5.25. The van der Waals surface area contributed by atoms with Crippen LogP contribution in [0.2, 0.25) is 0 Å². The Morgan fingerprint density at radius 2 is 2.32 bits per heavy atom. The van der Waals surface area contributed by atoms with Crippen LogP contribution in [-0.2, 0) is 4.79 Å². The van der Waals surface area contributed by atoms with Crippen molar-refractivity contribution in [1.82, 2.24) is 10.2 Å². The van der Waals surface area contributed by atoms with Gasteiger partial charge in [-0.2, -0.15) is 0 Å². The van der Waals surface area contributed by atoms with Gasteiger partial charge in [0.05, 0.1) is 18.0 Å². The zero-order valence-corrected chi connectivity index (χ0v) is 10.8. The lowest BCUT2D eigenvalue weighted by atomic mass is 10.0. The fourth-order valence-electron chi connectivity index (χ4n) is 2.57. The van der Waals surface area contributed by atoms with Gasteiger partial charge < -0.3 is 5.32 Å². The molecule has 1 aromatic rings. The Morgan fingerprint density at radius 1 is 1.37 bits per heavy atom. The van der Waals surface area contributed by atoms with Crippen LogP contribution in [0.4, 0.5) is 0 Å². The molecule has 3 aliphatic rings. The average molecular weight is 269 g/mol. The highest BCUT2D eigenvalue weighted by Crippen LogP contribution is 2.33. The van der Waals surface area contributed by atoms with E-state index in [-0.39, 0.29) is 18.0 Å². The number of amides is 1. The average Bonchev–Trinajstić information content (AvgIpc) is 3.06. The van der Waals surface area contributed by atoms with Gasteiger partial charge in [-0.1, -0.05) is 24.3 Å². The van der Waals surface area contributed by atoms with E-state index in [9.17, 15) is 4.79 Å². The summed E-state index contributed by atoms with van der Waals surface area (Å²) in [5.41, 5.74) is 0.910. The summed E-state index contributed by atoms with van der Waals surface area (Å²) < 4.78 is 0. The maximum absolute atomic E-state index is 12.6. The van der Waals surface area contributed by atoms with Crippen molar-refractivity contribution in [2.45, 2.75) is 12.1 Å². The topological polar surface area (TPSA) is 44.7 Å². The molecule has 0 radical (unpaired) electrons. The van der Waals surface area contributed by atoms with Crippen molar-refractivity contribution in [2.75, 3.05) is 0 Å². The quantitative estimate of drug-likeness (QED) is 0.847. The van der Waals surface area contributed by atoms with Gasteiger partial charge in [-0.05, 0) is 17.5 Å². The molecule has 3 heterocycles. The van der Waals surface area contributed by atoms with E-state index in [1.165, 1.54) is 0 Å². The van der Waals surface area contributed by atoms with Crippen molar-refractivity contribution in [3.63, 3.8) is 0 Å². The third kappa shape index (κ3) is 1.51. The molecule has 2 aliphatic heterocycles. The lowest BCUT2D eigenvalue weighted by molar-refractivity contribution is -0.128. The van der Waals surface area contributed by atoms with Crippen molar-refractivity contribution in [3.05, 3.63) is 58.7 Å². The molecular weight excluding hydrogens is 258 g/mol. The molecular formula is C14H11N3OS. The lowest BCUT2D eigenvalue weighted by Gasteiger charge is -2.29. The van der Waals surface area contributed by atoms with E-state index in [0.717, 1.165) is 16.4 Å². The van der Waals surface area contributed by atoms with E-state index in [1.54, 1.807) is 22.4 Å². The number of allylic oxidation sites excluding steroid dienone is 2. The molecule has 1 aliphatic carbocycles. The fraction of sp³-hybridized carbons (Fsp3) is 0.143. The van der Waals surface area contributed by atoms with E-state index in [2.05, 4.69) is 10.3 Å². The molecule has 4 nitrogen and oxygen atoms in total. The summed E-state index contributed by atoms with van der Waals surface area (Å²) >= 11 is 1.59. The van der Waals surface area contributed by atoms with Gasteiger partial charge >= 0.3 is 0 Å². The summed E-state index contributed by atoms with van der Waals surface area (Å²) in [7, 11) is 0. The number of nitrogens with one attached hydrogen (secondary N) is 1. The van der Waals surface area contributed by atoms with Crippen LogP contribution >= 0.6 is 11.3 Å². The number of carbonyl (C=O) groups is 1. The number of nitrogens with zero attached hydrogens (tertiary/aromatic N) is 2. The molecule has 0 bridgehead atoms. The van der Waals surface area contributed by atoms with Crippen molar-refractivity contribution in [3.8, 4) is 0 Å². The van der Waals surface area contributed by atoms with E-state index in [1.807, 2.05) is 41.8 Å². The van der Waals surface area contributed by atoms with Crippen LogP contribution in [0.3, 0.4) is 0 Å². The molecule has 1 saturated heterocycles. The van der Waals surface area contributed by atoms with Gasteiger partial charge in [0.15, 0.2) is 0 Å². The molecule has 2 unspecified atom stereocenters. The van der Waals surface area contributed by atoms with Gasteiger partial charge in [-0.3, -0.25) is 14.7 Å². The standard InChI is InChI=1S/C14H11N3OS/c18-14-13(11-6-3-7-19-11)16-12-8-15-9-4-1-2-5-10(9)17(12)14/h1-8,10,13,16H. The molecule has 94 valence electrons. The predicted octanol–water partition coefficient (Wildman–Crippen LogP) is 1.97. The smallest absolute Gasteiger partial charge is 0.257 e. The minimum Gasteiger partial charge on any atom is -0.354 e. The number of hydrogen-bond acceptors (Lipinski definition) is 4. The van der Waals surface area contributed by atoms with Gasteiger partial charge in [-0.15, -0.1) is 11.3 Å². The first-order chi connectivity index (χ1) is 9.34. The first-order valence-electron chi connectivity index (χ1n) is 6.10. The second kappa shape index (κ2) is 3.93.